The number of hydrogen-bond donors (Lipinski definition) is 0. The number of hydrogen-bond acceptors (Lipinski definition) is 2. The van der Waals surface area contributed by atoms with E-state index in [-0.39, 0.29) is 5.41 Å². The van der Waals surface area contributed by atoms with Crippen molar-refractivity contribution in [2.45, 2.75) is 31.7 Å². The van der Waals surface area contributed by atoms with Gasteiger partial charge < -0.3 is 4.90 Å². The monoisotopic (exact) mass is 304 g/mol. The van der Waals surface area contributed by atoms with Crippen LogP contribution in [0.3, 0.4) is 0 Å². The first kappa shape index (κ1) is 14.5. The van der Waals surface area contributed by atoms with Crippen LogP contribution >= 0.6 is 0 Å². The minimum Gasteiger partial charge on any atom is -0.356 e. The molecule has 2 aromatic rings. The molecule has 0 radical (unpaired) electrons. The Morgan fingerprint density at radius 1 is 0.957 bits per heavy atom. The summed E-state index contributed by atoms with van der Waals surface area (Å²) < 4.78 is 0. The van der Waals surface area contributed by atoms with Gasteiger partial charge in [-0.25, -0.2) is 0 Å². The highest BCUT2D eigenvalue weighted by Gasteiger charge is 2.60. The molecule has 2 heteroatoms. The molecule has 2 aliphatic rings. The summed E-state index contributed by atoms with van der Waals surface area (Å²) >= 11 is 0. The molecule has 1 unspecified atom stereocenters. The summed E-state index contributed by atoms with van der Waals surface area (Å²) in [5.74, 6) is 1.84. The van der Waals surface area contributed by atoms with E-state index in [0.29, 0.717) is 12.0 Å². The molecule has 118 valence electrons. The van der Waals surface area contributed by atoms with E-state index in [1.807, 2.05) is 0 Å². The summed E-state index contributed by atoms with van der Waals surface area (Å²) in [5, 5.41) is 0. The largest absolute Gasteiger partial charge is 0.356 e. The maximum Gasteiger partial charge on any atom is 0.104 e. The Morgan fingerprint density at radius 2 is 1.52 bits per heavy atom. The number of aliphatic imine (C=N–C) groups is 1. The molecule has 1 fully saturated rings. The van der Waals surface area contributed by atoms with Crippen molar-refractivity contribution < 1.29 is 0 Å². The lowest BCUT2D eigenvalue weighted by Crippen LogP contribution is -2.37. The number of amidine groups is 1. The van der Waals surface area contributed by atoms with Gasteiger partial charge in [-0.2, -0.15) is 0 Å². The van der Waals surface area contributed by atoms with Crippen molar-refractivity contribution in [3.63, 3.8) is 0 Å². The van der Waals surface area contributed by atoms with Gasteiger partial charge >= 0.3 is 0 Å². The number of nitrogens with zero attached hydrogens (tertiary/aromatic N) is 2. The molecule has 0 aromatic heterocycles. The lowest BCUT2D eigenvalue weighted by Gasteiger charge is -2.27. The molecule has 0 N–H and O–H groups in total. The molecule has 0 amide bonds. The number of rotatable bonds is 4. The fraction of sp³-hybridized carbons (Fsp3) is 0.381. The van der Waals surface area contributed by atoms with E-state index in [0.717, 1.165) is 13.1 Å². The molecule has 0 bridgehead atoms. The Labute approximate surface area is 138 Å². The zero-order valence-corrected chi connectivity index (χ0v) is 13.9. The molecule has 0 spiro atoms. The van der Waals surface area contributed by atoms with E-state index in [9.17, 15) is 0 Å². The summed E-state index contributed by atoms with van der Waals surface area (Å²) in [5.41, 5.74) is 2.96. The molecule has 1 saturated carbocycles. The van der Waals surface area contributed by atoms with Crippen molar-refractivity contribution in [3.05, 3.63) is 71.8 Å². The third-order valence-electron chi connectivity index (χ3n) is 5.38. The zero-order valence-electron chi connectivity index (χ0n) is 13.9. The van der Waals surface area contributed by atoms with Crippen LogP contribution < -0.4 is 0 Å². The Balaban J connectivity index is 1.76. The van der Waals surface area contributed by atoms with Crippen molar-refractivity contribution >= 4 is 5.84 Å². The highest BCUT2D eigenvalue weighted by atomic mass is 15.3. The van der Waals surface area contributed by atoms with E-state index >= 15 is 0 Å². The third kappa shape index (κ3) is 2.28. The Morgan fingerprint density at radius 3 is 2.04 bits per heavy atom. The summed E-state index contributed by atoms with van der Waals surface area (Å²) in [6.07, 6.45) is 1.17. The minimum absolute atomic E-state index is 0.110. The molecule has 1 heterocycles. The van der Waals surface area contributed by atoms with Crippen LogP contribution in [0.25, 0.3) is 0 Å². The predicted molar refractivity (Wildman–Crippen MR) is 95.9 cm³/mol. The van der Waals surface area contributed by atoms with Crippen molar-refractivity contribution in [1.29, 1.82) is 0 Å². The van der Waals surface area contributed by atoms with Gasteiger partial charge in [-0.1, -0.05) is 60.7 Å². The van der Waals surface area contributed by atoms with Gasteiger partial charge in [0.15, 0.2) is 0 Å². The molecule has 1 aliphatic heterocycles. The second kappa shape index (κ2) is 5.52. The van der Waals surface area contributed by atoms with Crippen LogP contribution in [-0.4, -0.2) is 29.9 Å². The highest BCUT2D eigenvalue weighted by Crippen LogP contribution is 2.60. The SMILES string of the molecule is CC(C)N1CCN=C1C1CC1(c1ccccc1)c1ccccc1. The minimum atomic E-state index is 0.110. The molecular weight excluding hydrogens is 280 g/mol. The summed E-state index contributed by atoms with van der Waals surface area (Å²) in [4.78, 5) is 7.39. The quantitative estimate of drug-likeness (QED) is 0.830. The Hall–Kier alpha value is -2.09. The first-order valence-electron chi connectivity index (χ1n) is 8.65. The van der Waals surface area contributed by atoms with E-state index < -0.39 is 0 Å². The fourth-order valence-corrected chi connectivity index (χ4v) is 4.16. The van der Waals surface area contributed by atoms with Gasteiger partial charge in [-0.15, -0.1) is 0 Å². The van der Waals surface area contributed by atoms with Crippen LogP contribution in [0.2, 0.25) is 0 Å². The Kier molecular flexibility index (Phi) is 3.48. The van der Waals surface area contributed by atoms with Crippen LogP contribution in [0.4, 0.5) is 0 Å². The molecule has 1 aliphatic carbocycles. The van der Waals surface area contributed by atoms with E-state index in [1.165, 1.54) is 23.4 Å². The smallest absolute Gasteiger partial charge is 0.104 e. The van der Waals surface area contributed by atoms with Gasteiger partial charge in [0.05, 0.1) is 6.54 Å². The first-order chi connectivity index (χ1) is 11.2. The van der Waals surface area contributed by atoms with Crippen LogP contribution in [0, 0.1) is 5.92 Å². The predicted octanol–water partition coefficient (Wildman–Crippen LogP) is 4.12. The van der Waals surface area contributed by atoms with Crippen molar-refractivity contribution in [2.24, 2.45) is 10.9 Å². The summed E-state index contributed by atoms with van der Waals surface area (Å²) in [6.45, 7) is 6.57. The second-order valence-corrected chi connectivity index (χ2v) is 6.99. The molecule has 2 aromatic carbocycles. The van der Waals surface area contributed by atoms with Gasteiger partial charge in [-0.05, 0) is 31.4 Å². The summed E-state index contributed by atoms with van der Waals surface area (Å²) in [7, 11) is 0. The molecule has 1 atom stereocenters. The average molecular weight is 304 g/mol. The lowest BCUT2D eigenvalue weighted by atomic mass is 9.85. The van der Waals surface area contributed by atoms with Crippen molar-refractivity contribution in [2.75, 3.05) is 13.1 Å². The fourth-order valence-electron chi connectivity index (χ4n) is 4.16. The highest BCUT2D eigenvalue weighted by molar-refractivity contribution is 5.92. The van der Waals surface area contributed by atoms with Gasteiger partial charge in [0.25, 0.3) is 0 Å². The van der Waals surface area contributed by atoms with Crippen molar-refractivity contribution in [1.82, 2.24) is 4.90 Å². The van der Waals surface area contributed by atoms with Gasteiger partial charge in [-0.3, -0.25) is 4.99 Å². The zero-order chi connectivity index (χ0) is 15.9. The standard InChI is InChI=1S/C21H24N2/c1-16(2)23-14-13-22-20(23)19-15-21(19,17-9-5-3-6-10-17)18-11-7-4-8-12-18/h3-12,16,19H,13-15H2,1-2H3. The topological polar surface area (TPSA) is 15.6 Å². The molecule has 0 saturated heterocycles. The maximum atomic E-state index is 4.89. The van der Waals surface area contributed by atoms with Gasteiger partial charge in [0.2, 0.25) is 0 Å². The van der Waals surface area contributed by atoms with Gasteiger partial charge in [0.1, 0.15) is 5.84 Å². The van der Waals surface area contributed by atoms with Crippen LogP contribution in [0.5, 0.6) is 0 Å². The lowest BCUT2D eigenvalue weighted by molar-refractivity contribution is 0.370. The first-order valence-corrected chi connectivity index (χ1v) is 8.65. The Bertz CT molecular complexity index is 664. The van der Waals surface area contributed by atoms with Crippen molar-refractivity contribution in [3.8, 4) is 0 Å². The molecule has 23 heavy (non-hydrogen) atoms. The van der Waals surface area contributed by atoms with Gasteiger partial charge in [0, 0.05) is 23.9 Å². The van der Waals surface area contributed by atoms with E-state index in [2.05, 4.69) is 79.4 Å². The maximum absolute atomic E-state index is 4.89. The van der Waals surface area contributed by atoms with E-state index in [4.69, 9.17) is 4.99 Å². The van der Waals surface area contributed by atoms with E-state index in [1.54, 1.807) is 0 Å². The average Bonchev–Trinajstić information content (AvgIpc) is 3.16. The normalized spacial score (nSPS) is 22.3. The number of benzene rings is 2. The molecular formula is C21H24N2. The molecule has 4 rings (SSSR count). The second-order valence-electron chi connectivity index (χ2n) is 6.99. The van der Waals surface area contributed by atoms with Crippen LogP contribution in [0.1, 0.15) is 31.4 Å². The molecule has 2 nitrogen and oxygen atoms in total. The van der Waals surface area contributed by atoms with Crippen LogP contribution in [0.15, 0.2) is 65.7 Å². The summed E-state index contributed by atoms with van der Waals surface area (Å²) in [6, 6.07) is 22.5. The van der Waals surface area contributed by atoms with Crippen LogP contribution in [-0.2, 0) is 5.41 Å². The third-order valence-corrected chi connectivity index (χ3v) is 5.38.